The van der Waals surface area contributed by atoms with Crippen LogP contribution < -0.4 is 9.47 Å². The molecule has 0 radical (unpaired) electrons. The highest BCUT2D eigenvalue weighted by Crippen LogP contribution is 2.42. The van der Waals surface area contributed by atoms with E-state index in [1.54, 1.807) is 0 Å². The van der Waals surface area contributed by atoms with Crippen LogP contribution in [-0.4, -0.2) is 43.0 Å². The molecular weight excluding hydrogens is 616 g/mol. The molecule has 6 heteroatoms. The van der Waals surface area contributed by atoms with Crippen LogP contribution in [0.5, 0.6) is 11.5 Å². The SMILES string of the molecule is CCCC[C@@H]1Oc2ccccc2[C@H]1C(=O)c1cc(I)c(OCCN(CC)CC)c(I)c1. The summed E-state index contributed by atoms with van der Waals surface area (Å²) < 4.78 is 14.2. The largest absolute Gasteiger partial charge is 0.490 e. The minimum Gasteiger partial charge on any atom is -0.490 e. The molecule has 1 heterocycles. The van der Waals surface area contributed by atoms with Crippen molar-refractivity contribution in [3.05, 3.63) is 54.7 Å². The summed E-state index contributed by atoms with van der Waals surface area (Å²) in [5.41, 5.74) is 1.75. The van der Waals surface area contributed by atoms with Gasteiger partial charge in [-0.3, -0.25) is 4.79 Å². The molecule has 0 spiro atoms. The van der Waals surface area contributed by atoms with Crippen LogP contribution in [0.3, 0.4) is 0 Å². The average molecular weight is 647 g/mol. The van der Waals surface area contributed by atoms with Crippen molar-refractivity contribution in [2.24, 2.45) is 0 Å². The van der Waals surface area contributed by atoms with Gasteiger partial charge >= 0.3 is 0 Å². The van der Waals surface area contributed by atoms with E-state index in [1.807, 2.05) is 36.4 Å². The normalized spacial score (nSPS) is 17.5. The zero-order valence-electron chi connectivity index (χ0n) is 18.5. The molecule has 0 saturated heterocycles. The van der Waals surface area contributed by atoms with Crippen molar-refractivity contribution in [3.8, 4) is 11.5 Å². The Morgan fingerprint density at radius 2 is 1.77 bits per heavy atom. The quantitative estimate of drug-likeness (QED) is 0.206. The molecule has 0 N–H and O–H groups in total. The summed E-state index contributed by atoms with van der Waals surface area (Å²) in [6, 6.07) is 11.9. The molecule has 3 rings (SSSR count). The molecule has 0 aliphatic carbocycles. The van der Waals surface area contributed by atoms with Crippen LogP contribution in [0.25, 0.3) is 0 Å². The Kier molecular flexibility index (Phi) is 9.46. The minimum atomic E-state index is -0.246. The van der Waals surface area contributed by atoms with Gasteiger partial charge in [-0.05, 0) is 82.9 Å². The lowest BCUT2D eigenvalue weighted by atomic mass is 9.86. The van der Waals surface area contributed by atoms with E-state index in [2.05, 4.69) is 70.9 Å². The fraction of sp³-hybridized carbons (Fsp3) is 0.480. The third-order valence-electron chi connectivity index (χ3n) is 5.86. The van der Waals surface area contributed by atoms with Gasteiger partial charge < -0.3 is 14.4 Å². The monoisotopic (exact) mass is 647 g/mol. The first-order valence-electron chi connectivity index (χ1n) is 11.1. The summed E-state index contributed by atoms with van der Waals surface area (Å²) in [4.78, 5) is 16.0. The molecule has 1 aliphatic rings. The van der Waals surface area contributed by atoms with E-state index in [9.17, 15) is 4.79 Å². The predicted octanol–water partition coefficient (Wildman–Crippen LogP) is 6.53. The molecule has 0 fully saturated rings. The van der Waals surface area contributed by atoms with Crippen LogP contribution in [0.2, 0.25) is 0 Å². The second-order valence-corrected chi connectivity index (χ2v) is 10.1. The van der Waals surface area contributed by atoms with Crippen LogP contribution in [0.4, 0.5) is 0 Å². The van der Waals surface area contributed by atoms with E-state index < -0.39 is 0 Å². The fourth-order valence-corrected chi connectivity index (χ4v) is 6.13. The number of benzene rings is 2. The van der Waals surface area contributed by atoms with Crippen molar-refractivity contribution < 1.29 is 14.3 Å². The van der Waals surface area contributed by atoms with Crippen LogP contribution in [0, 0.1) is 7.14 Å². The molecular formula is C25H31I2NO3. The Hall–Kier alpha value is -0.870. The Morgan fingerprint density at radius 1 is 1.10 bits per heavy atom. The number of nitrogens with zero attached hydrogens (tertiary/aromatic N) is 1. The topological polar surface area (TPSA) is 38.8 Å². The molecule has 4 nitrogen and oxygen atoms in total. The van der Waals surface area contributed by atoms with Gasteiger partial charge in [0.25, 0.3) is 0 Å². The van der Waals surface area contributed by atoms with E-state index in [4.69, 9.17) is 9.47 Å². The second kappa shape index (κ2) is 11.8. The van der Waals surface area contributed by atoms with Gasteiger partial charge in [0.15, 0.2) is 5.78 Å². The highest BCUT2D eigenvalue weighted by Gasteiger charge is 2.39. The zero-order valence-corrected chi connectivity index (χ0v) is 22.8. The van der Waals surface area contributed by atoms with Crippen LogP contribution in [0.1, 0.15) is 61.9 Å². The van der Waals surface area contributed by atoms with Crippen LogP contribution in [0.15, 0.2) is 36.4 Å². The number of Topliss-reactive ketones (excluding diaryl/α,β-unsaturated/α-hetero) is 1. The number of ether oxygens (including phenoxy) is 2. The fourth-order valence-electron chi connectivity index (χ4n) is 4.05. The third-order valence-corrected chi connectivity index (χ3v) is 7.46. The summed E-state index contributed by atoms with van der Waals surface area (Å²) in [5, 5.41) is 0. The number of carbonyl (C=O) groups excluding carboxylic acids is 1. The van der Waals surface area contributed by atoms with E-state index in [-0.39, 0.29) is 17.8 Å². The maximum atomic E-state index is 13.6. The molecule has 168 valence electrons. The van der Waals surface area contributed by atoms with E-state index >= 15 is 0 Å². The lowest BCUT2D eigenvalue weighted by Crippen LogP contribution is -2.28. The lowest BCUT2D eigenvalue weighted by Gasteiger charge is -2.20. The zero-order chi connectivity index (χ0) is 22.4. The van der Waals surface area contributed by atoms with Gasteiger partial charge in [0.2, 0.25) is 0 Å². The van der Waals surface area contributed by atoms with Crippen molar-refractivity contribution in [1.29, 1.82) is 0 Å². The van der Waals surface area contributed by atoms with Gasteiger partial charge in [0.1, 0.15) is 24.2 Å². The summed E-state index contributed by atoms with van der Waals surface area (Å²) in [6.45, 7) is 10.1. The van der Waals surface area contributed by atoms with Crippen molar-refractivity contribution in [1.82, 2.24) is 4.90 Å². The number of carbonyl (C=O) groups is 1. The molecule has 2 aromatic rings. The number of hydrogen-bond donors (Lipinski definition) is 0. The number of para-hydroxylation sites is 1. The van der Waals surface area contributed by atoms with Crippen molar-refractivity contribution in [3.63, 3.8) is 0 Å². The Bertz CT molecular complexity index is 875. The summed E-state index contributed by atoms with van der Waals surface area (Å²) in [6.07, 6.45) is 2.94. The Morgan fingerprint density at radius 3 is 2.42 bits per heavy atom. The molecule has 0 aromatic heterocycles. The number of ketones is 1. The van der Waals surface area contributed by atoms with E-state index in [0.29, 0.717) is 6.61 Å². The first-order chi connectivity index (χ1) is 15.0. The molecule has 2 aromatic carbocycles. The first-order valence-corrected chi connectivity index (χ1v) is 13.3. The maximum absolute atomic E-state index is 13.6. The lowest BCUT2D eigenvalue weighted by molar-refractivity contribution is 0.0886. The van der Waals surface area contributed by atoms with Crippen molar-refractivity contribution in [2.75, 3.05) is 26.2 Å². The van der Waals surface area contributed by atoms with Crippen molar-refractivity contribution >= 4 is 51.0 Å². The van der Waals surface area contributed by atoms with Gasteiger partial charge in [-0.2, -0.15) is 0 Å². The van der Waals surface area contributed by atoms with E-state index in [0.717, 1.165) is 68.7 Å². The van der Waals surface area contributed by atoms with E-state index in [1.165, 1.54) is 0 Å². The smallest absolute Gasteiger partial charge is 0.174 e. The Labute approximate surface area is 213 Å². The number of fused-ring (bicyclic) bond motifs is 1. The first kappa shape index (κ1) is 24.8. The molecule has 0 unspecified atom stereocenters. The standard InChI is InChI=1S/C25H31I2NO3/c1-4-7-11-22-23(18-10-8-9-12-21(18)31-22)24(29)17-15-19(26)25(20(27)16-17)30-14-13-28(5-2)6-3/h8-10,12,15-16,22-23H,4-7,11,13-14H2,1-3H3/t22-,23+/m0/s1. The number of rotatable bonds is 11. The summed E-state index contributed by atoms with van der Waals surface area (Å²) in [5.74, 6) is 1.61. The molecule has 2 atom stereocenters. The van der Waals surface area contributed by atoms with Gasteiger partial charge in [-0.15, -0.1) is 0 Å². The highest BCUT2D eigenvalue weighted by molar-refractivity contribution is 14.1. The van der Waals surface area contributed by atoms with Gasteiger partial charge in [0.05, 0.1) is 13.1 Å². The molecule has 0 saturated carbocycles. The van der Waals surface area contributed by atoms with Gasteiger partial charge in [-0.25, -0.2) is 0 Å². The number of halogens is 2. The van der Waals surface area contributed by atoms with Gasteiger partial charge in [0, 0.05) is 17.7 Å². The third kappa shape index (κ3) is 5.93. The summed E-state index contributed by atoms with van der Waals surface area (Å²) >= 11 is 4.57. The highest BCUT2D eigenvalue weighted by atomic mass is 127. The Balaban J connectivity index is 1.80. The molecule has 1 aliphatic heterocycles. The van der Waals surface area contributed by atoms with Crippen molar-refractivity contribution in [2.45, 2.75) is 52.1 Å². The number of likely N-dealkylation sites (N-methyl/N-ethyl adjacent to an activating group) is 1. The summed E-state index contributed by atoms with van der Waals surface area (Å²) in [7, 11) is 0. The van der Waals surface area contributed by atoms with Gasteiger partial charge in [-0.1, -0.05) is 51.8 Å². The minimum absolute atomic E-state index is 0.0924. The molecule has 0 bridgehead atoms. The molecule has 0 amide bonds. The molecule has 31 heavy (non-hydrogen) atoms. The maximum Gasteiger partial charge on any atom is 0.174 e. The number of hydrogen-bond acceptors (Lipinski definition) is 4. The average Bonchev–Trinajstić information content (AvgIpc) is 3.14. The number of unbranched alkanes of at least 4 members (excludes halogenated alkanes) is 1. The predicted molar refractivity (Wildman–Crippen MR) is 143 cm³/mol. The van der Waals surface area contributed by atoms with Crippen LogP contribution >= 0.6 is 45.2 Å². The van der Waals surface area contributed by atoms with Crippen LogP contribution in [-0.2, 0) is 0 Å². The second-order valence-electron chi connectivity index (χ2n) is 7.82.